The van der Waals surface area contributed by atoms with Crippen molar-refractivity contribution in [3.05, 3.63) is 23.1 Å². The summed E-state index contributed by atoms with van der Waals surface area (Å²) in [6, 6.07) is -0.173. The standard InChI is InChI=1S/C9H15N3O/c1-4-8(5-6-13)9(7(2)3)11-12-10/h4,6-9H,1,5H2,2-3H3/t8-,9-/m0/s1. The molecule has 0 saturated carbocycles. The van der Waals surface area contributed by atoms with Crippen LogP contribution in [-0.2, 0) is 4.79 Å². The van der Waals surface area contributed by atoms with Crippen molar-refractivity contribution in [3.8, 4) is 0 Å². The van der Waals surface area contributed by atoms with Gasteiger partial charge >= 0.3 is 0 Å². The van der Waals surface area contributed by atoms with Crippen molar-refractivity contribution in [1.82, 2.24) is 0 Å². The molecule has 4 nitrogen and oxygen atoms in total. The van der Waals surface area contributed by atoms with Gasteiger partial charge in [-0.15, -0.1) is 6.58 Å². The van der Waals surface area contributed by atoms with Gasteiger partial charge in [0.25, 0.3) is 0 Å². The van der Waals surface area contributed by atoms with Gasteiger partial charge in [-0.1, -0.05) is 25.0 Å². The monoisotopic (exact) mass is 181 g/mol. The third-order valence-electron chi connectivity index (χ3n) is 1.98. The van der Waals surface area contributed by atoms with Crippen LogP contribution in [0.4, 0.5) is 0 Å². The minimum Gasteiger partial charge on any atom is -0.303 e. The highest BCUT2D eigenvalue weighted by molar-refractivity contribution is 5.50. The summed E-state index contributed by atoms with van der Waals surface area (Å²) in [5.41, 5.74) is 8.33. The van der Waals surface area contributed by atoms with E-state index < -0.39 is 0 Å². The Bertz CT molecular complexity index is 219. The average molecular weight is 181 g/mol. The molecule has 0 aromatic rings. The number of rotatable bonds is 6. The van der Waals surface area contributed by atoms with E-state index in [0.29, 0.717) is 6.42 Å². The second-order valence-electron chi connectivity index (χ2n) is 3.24. The Kier molecular flexibility index (Phi) is 5.64. The molecule has 0 fully saturated rings. The number of hydrogen-bond acceptors (Lipinski definition) is 2. The van der Waals surface area contributed by atoms with Crippen LogP contribution in [0.1, 0.15) is 20.3 Å². The predicted octanol–water partition coefficient (Wildman–Crippen LogP) is 2.71. The van der Waals surface area contributed by atoms with Crippen molar-refractivity contribution in [1.29, 1.82) is 0 Å². The lowest BCUT2D eigenvalue weighted by Crippen LogP contribution is -2.22. The van der Waals surface area contributed by atoms with E-state index in [4.69, 9.17) is 5.53 Å². The molecule has 72 valence electrons. The summed E-state index contributed by atoms with van der Waals surface area (Å²) in [6.07, 6.45) is 2.87. The van der Waals surface area contributed by atoms with Crippen LogP contribution < -0.4 is 0 Å². The largest absolute Gasteiger partial charge is 0.303 e. The van der Waals surface area contributed by atoms with Crippen LogP contribution in [-0.4, -0.2) is 12.3 Å². The van der Waals surface area contributed by atoms with Crippen molar-refractivity contribution >= 4 is 6.29 Å². The van der Waals surface area contributed by atoms with E-state index in [1.807, 2.05) is 13.8 Å². The minimum absolute atomic E-state index is 0.0478. The number of carbonyl (C=O) groups excluding carboxylic acids is 1. The van der Waals surface area contributed by atoms with Gasteiger partial charge in [0.1, 0.15) is 6.29 Å². The molecular weight excluding hydrogens is 166 g/mol. The smallest absolute Gasteiger partial charge is 0.120 e. The fourth-order valence-corrected chi connectivity index (χ4v) is 1.26. The molecule has 0 saturated heterocycles. The van der Waals surface area contributed by atoms with Gasteiger partial charge in [-0.3, -0.25) is 0 Å². The Morgan fingerprint density at radius 3 is 2.54 bits per heavy atom. The Hall–Kier alpha value is -1.28. The average Bonchev–Trinajstić information content (AvgIpc) is 2.10. The zero-order chi connectivity index (χ0) is 10.3. The van der Waals surface area contributed by atoms with Crippen LogP contribution in [0.2, 0.25) is 0 Å². The van der Waals surface area contributed by atoms with Crippen LogP contribution in [0.15, 0.2) is 17.8 Å². The summed E-state index contributed by atoms with van der Waals surface area (Å²) >= 11 is 0. The SMILES string of the molecule is C=C[C@@H](CC=O)[C@@H](N=[N+]=[N-])C(C)C. The van der Waals surface area contributed by atoms with E-state index in [2.05, 4.69) is 16.6 Å². The van der Waals surface area contributed by atoms with Gasteiger partial charge in [-0.2, -0.15) is 0 Å². The molecule has 4 heteroatoms. The van der Waals surface area contributed by atoms with Crippen molar-refractivity contribution in [2.24, 2.45) is 17.0 Å². The van der Waals surface area contributed by atoms with Gasteiger partial charge < -0.3 is 4.79 Å². The first kappa shape index (κ1) is 11.7. The highest BCUT2D eigenvalue weighted by atomic mass is 16.1. The maximum Gasteiger partial charge on any atom is 0.120 e. The quantitative estimate of drug-likeness (QED) is 0.204. The maximum absolute atomic E-state index is 10.3. The van der Waals surface area contributed by atoms with Crippen molar-refractivity contribution < 1.29 is 4.79 Å². The number of aldehydes is 1. The molecule has 0 N–H and O–H groups in total. The van der Waals surface area contributed by atoms with E-state index in [1.165, 1.54) is 0 Å². The van der Waals surface area contributed by atoms with E-state index >= 15 is 0 Å². The fraction of sp³-hybridized carbons (Fsp3) is 0.667. The highest BCUT2D eigenvalue weighted by Gasteiger charge is 2.20. The van der Waals surface area contributed by atoms with Crippen LogP contribution in [0, 0.1) is 11.8 Å². The third-order valence-corrected chi connectivity index (χ3v) is 1.98. The molecule has 13 heavy (non-hydrogen) atoms. The topological polar surface area (TPSA) is 65.8 Å². The first-order valence-electron chi connectivity index (χ1n) is 4.27. The molecule has 0 unspecified atom stereocenters. The zero-order valence-corrected chi connectivity index (χ0v) is 8.05. The molecule has 0 aromatic carbocycles. The second kappa shape index (κ2) is 6.26. The van der Waals surface area contributed by atoms with Gasteiger partial charge in [0, 0.05) is 17.4 Å². The second-order valence-corrected chi connectivity index (χ2v) is 3.24. The van der Waals surface area contributed by atoms with Crippen LogP contribution in [0.5, 0.6) is 0 Å². The normalized spacial score (nSPS) is 14.4. The summed E-state index contributed by atoms with van der Waals surface area (Å²) in [7, 11) is 0. The van der Waals surface area contributed by atoms with Crippen molar-refractivity contribution in [2.45, 2.75) is 26.3 Å². The lowest BCUT2D eigenvalue weighted by molar-refractivity contribution is -0.108. The number of azide groups is 1. The maximum atomic E-state index is 10.3. The third kappa shape index (κ3) is 3.76. The first-order valence-corrected chi connectivity index (χ1v) is 4.27. The summed E-state index contributed by atoms with van der Waals surface area (Å²) in [5, 5.41) is 3.66. The van der Waals surface area contributed by atoms with Gasteiger partial charge in [-0.25, -0.2) is 0 Å². The van der Waals surface area contributed by atoms with Crippen molar-refractivity contribution in [3.63, 3.8) is 0 Å². The van der Waals surface area contributed by atoms with Gasteiger partial charge in [0.05, 0.1) is 0 Å². The lowest BCUT2D eigenvalue weighted by atomic mass is 9.89. The number of carbonyl (C=O) groups is 1. The Morgan fingerprint density at radius 1 is 1.62 bits per heavy atom. The zero-order valence-electron chi connectivity index (χ0n) is 8.05. The van der Waals surface area contributed by atoms with E-state index in [9.17, 15) is 4.79 Å². The minimum atomic E-state index is -0.173. The van der Waals surface area contributed by atoms with Crippen molar-refractivity contribution in [2.75, 3.05) is 0 Å². The molecule has 0 rings (SSSR count). The Balaban J connectivity index is 4.55. The number of hydrogen-bond donors (Lipinski definition) is 0. The lowest BCUT2D eigenvalue weighted by Gasteiger charge is -2.21. The molecule has 0 heterocycles. The van der Waals surface area contributed by atoms with Gasteiger partial charge in [0.15, 0.2) is 0 Å². The molecule has 0 spiro atoms. The molecule has 0 amide bonds. The summed E-state index contributed by atoms with van der Waals surface area (Å²) < 4.78 is 0. The predicted molar refractivity (Wildman–Crippen MR) is 52.1 cm³/mol. The molecule has 0 aliphatic carbocycles. The molecule has 0 aliphatic heterocycles. The summed E-state index contributed by atoms with van der Waals surface area (Å²) in [4.78, 5) is 13.1. The van der Waals surface area contributed by atoms with E-state index in [-0.39, 0.29) is 17.9 Å². The molecule has 0 radical (unpaired) electrons. The Labute approximate surface area is 78.3 Å². The molecular formula is C9H15N3O. The Morgan fingerprint density at radius 2 is 2.23 bits per heavy atom. The van der Waals surface area contributed by atoms with Crippen LogP contribution in [0.25, 0.3) is 10.4 Å². The van der Waals surface area contributed by atoms with Gasteiger partial charge in [0.2, 0.25) is 0 Å². The van der Waals surface area contributed by atoms with Gasteiger partial charge in [-0.05, 0) is 17.4 Å². The molecule has 2 atom stereocenters. The van der Waals surface area contributed by atoms with Crippen LogP contribution in [0.3, 0.4) is 0 Å². The highest BCUT2D eigenvalue weighted by Crippen LogP contribution is 2.20. The molecule has 0 aromatic heterocycles. The molecule has 0 bridgehead atoms. The van der Waals surface area contributed by atoms with E-state index in [0.717, 1.165) is 6.29 Å². The summed E-state index contributed by atoms with van der Waals surface area (Å²) in [5.74, 6) is 0.173. The van der Waals surface area contributed by atoms with Crippen LogP contribution >= 0.6 is 0 Å². The first-order chi connectivity index (χ1) is 6.17. The molecule has 0 aliphatic rings. The van der Waals surface area contributed by atoms with E-state index in [1.54, 1.807) is 6.08 Å². The fourth-order valence-electron chi connectivity index (χ4n) is 1.26. The summed E-state index contributed by atoms with van der Waals surface area (Å²) in [6.45, 7) is 7.54. The number of nitrogens with zero attached hydrogens (tertiary/aromatic N) is 3.